The van der Waals surface area contributed by atoms with Crippen molar-refractivity contribution in [2.45, 2.75) is 17.1 Å². The maximum atomic E-state index is 6.39. The first-order valence-corrected chi connectivity index (χ1v) is 8.73. The number of thioether (sulfide) groups is 1. The van der Waals surface area contributed by atoms with Crippen LogP contribution in [0.3, 0.4) is 0 Å². The first kappa shape index (κ1) is 13.9. The maximum Gasteiger partial charge on any atom is 0.169 e. The lowest BCUT2D eigenvalue weighted by Crippen LogP contribution is -2.19. The van der Waals surface area contributed by atoms with E-state index in [9.17, 15) is 0 Å². The standard InChI is InChI=1S/C18H15ClN2S/c19-15-11-21-17(14-9-5-2-6-10-14)16(20-18(21)22-12-15)13-7-3-1-4-8-13/h1-10,15H,11-12H2. The first-order chi connectivity index (χ1) is 10.8. The number of nitrogens with zero attached hydrogens (tertiary/aromatic N) is 2. The number of halogens is 1. The highest BCUT2D eigenvalue weighted by Gasteiger charge is 2.25. The minimum Gasteiger partial charge on any atom is -0.317 e. The summed E-state index contributed by atoms with van der Waals surface area (Å²) in [6, 6.07) is 20.8. The number of aromatic nitrogens is 2. The molecule has 0 fully saturated rings. The minimum absolute atomic E-state index is 0.151. The Morgan fingerprint density at radius 1 is 0.955 bits per heavy atom. The van der Waals surface area contributed by atoms with E-state index in [1.54, 1.807) is 11.8 Å². The summed E-state index contributed by atoms with van der Waals surface area (Å²) in [5, 5.41) is 1.22. The monoisotopic (exact) mass is 326 g/mol. The molecule has 4 rings (SSSR count). The van der Waals surface area contributed by atoms with Crippen LogP contribution in [0.25, 0.3) is 22.5 Å². The lowest BCUT2D eigenvalue weighted by Gasteiger charge is -2.20. The van der Waals surface area contributed by atoms with Crippen molar-refractivity contribution in [3.05, 3.63) is 60.7 Å². The quantitative estimate of drug-likeness (QED) is 0.621. The molecule has 0 bridgehead atoms. The summed E-state index contributed by atoms with van der Waals surface area (Å²) in [5.74, 6) is 0.918. The number of fused-ring (bicyclic) bond motifs is 1. The first-order valence-electron chi connectivity index (χ1n) is 7.31. The molecular formula is C18H15ClN2S. The summed E-state index contributed by atoms with van der Waals surface area (Å²) in [4.78, 5) is 4.90. The molecule has 0 aliphatic carbocycles. The van der Waals surface area contributed by atoms with Crippen LogP contribution in [-0.4, -0.2) is 20.7 Å². The fourth-order valence-corrected chi connectivity index (χ4v) is 4.05. The molecular weight excluding hydrogens is 312 g/mol. The van der Waals surface area contributed by atoms with Crippen molar-refractivity contribution >= 4 is 23.4 Å². The van der Waals surface area contributed by atoms with Gasteiger partial charge in [0.25, 0.3) is 0 Å². The molecule has 1 aliphatic rings. The normalized spacial score (nSPS) is 17.2. The van der Waals surface area contributed by atoms with Crippen LogP contribution in [0.4, 0.5) is 0 Å². The zero-order valence-electron chi connectivity index (χ0n) is 11.9. The highest BCUT2D eigenvalue weighted by Crippen LogP contribution is 2.38. The average molecular weight is 327 g/mol. The van der Waals surface area contributed by atoms with E-state index in [-0.39, 0.29) is 5.38 Å². The molecule has 2 aromatic carbocycles. The van der Waals surface area contributed by atoms with Crippen LogP contribution in [0, 0.1) is 0 Å². The molecule has 0 N–H and O–H groups in total. The molecule has 1 aromatic heterocycles. The second kappa shape index (κ2) is 5.82. The molecule has 22 heavy (non-hydrogen) atoms. The molecule has 1 aliphatic heterocycles. The summed E-state index contributed by atoms with van der Waals surface area (Å²) in [6.07, 6.45) is 0. The zero-order chi connectivity index (χ0) is 14.9. The second-order valence-corrected chi connectivity index (χ2v) is 6.95. The third-order valence-corrected chi connectivity index (χ3v) is 5.42. The van der Waals surface area contributed by atoms with E-state index in [2.05, 4.69) is 53.1 Å². The number of alkyl halides is 1. The van der Waals surface area contributed by atoms with Gasteiger partial charge in [0.1, 0.15) is 0 Å². The Morgan fingerprint density at radius 2 is 1.59 bits per heavy atom. The Hall–Kier alpha value is -1.71. The van der Waals surface area contributed by atoms with Gasteiger partial charge in [-0.25, -0.2) is 4.98 Å². The van der Waals surface area contributed by atoms with E-state index in [0.29, 0.717) is 0 Å². The van der Waals surface area contributed by atoms with Gasteiger partial charge in [-0.3, -0.25) is 0 Å². The summed E-state index contributed by atoms with van der Waals surface area (Å²) in [6.45, 7) is 0.813. The Kier molecular flexibility index (Phi) is 3.68. The van der Waals surface area contributed by atoms with E-state index in [4.69, 9.17) is 16.6 Å². The molecule has 3 aromatic rings. The van der Waals surface area contributed by atoms with Crippen LogP contribution in [0.1, 0.15) is 0 Å². The van der Waals surface area contributed by atoms with Crippen LogP contribution in [0.5, 0.6) is 0 Å². The van der Waals surface area contributed by atoms with Crippen molar-refractivity contribution < 1.29 is 0 Å². The fourth-order valence-electron chi connectivity index (χ4n) is 2.81. The van der Waals surface area contributed by atoms with Gasteiger partial charge in [-0.2, -0.15) is 0 Å². The van der Waals surface area contributed by atoms with Crippen LogP contribution >= 0.6 is 23.4 Å². The van der Waals surface area contributed by atoms with Crippen molar-refractivity contribution in [1.82, 2.24) is 9.55 Å². The number of imidazole rings is 1. The van der Waals surface area contributed by atoms with Gasteiger partial charge in [-0.05, 0) is 0 Å². The molecule has 0 saturated heterocycles. The number of benzene rings is 2. The van der Waals surface area contributed by atoms with Crippen molar-refractivity contribution in [1.29, 1.82) is 0 Å². The Labute approximate surface area is 139 Å². The van der Waals surface area contributed by atoms with Gasteiger partial charge in [0, 0.05) is 23.4 Å². The van der Waals surface area contributed by atoms with E-state index in [1.807, 2.05) is 12.1 Å². The van der Waals surface area contributed by atoms with Crippen molar-refractivity contribution in [2.75, 3.05) is 5.75 Å². The molecule has 2 nitrogen and oxygen atoms in total. The lowest BCUT2D eigenvalue weighted by atomic mass is 10.0. The van der Waals surface area contributed by atoms with Gasteiger partial charge in [0.2, 0.25) is 0 Å². The predicted octanol–water partition coefficient (Wildman–Crippen LogP) is 4.93. The Bertz CT molecular complexity index is 784. The van der Waals surface area contributed by atoms with Gasteiger partial charge in [0.15, 0.2) is 5.16 Å². The molecule has 110 valence electrons. The highest BCUT2D eigenvalue weighted by atomic mass is 35.5. The van der Waals surface area contributed by atoms with E-state index < -0.39 is 0 Å². The summed E-state index contributed by atoms with van der Waals surface area (Å²) in [7, 11) is 0. The topological polar surface area (TPSA) is 17.8 Å². The minimum atomic E-state index is 0.151. The molecule has 0 saturated carbocycles. The summed E-state index contributed by atoms with van der Waals surface area (Å²) < 4.78 is 2.27. The molecule has 0 radical (unpaired) electrons. The smallest absolute Gasteiger partial charge is 0.169 e. The molecule has 2 heterocycles. The molecule has 4 heteroatoms. The average Bonchev–Trinajstić information content (AvgIpc) is 2.95. The van der Waals surface area contributed by atoms with Gasteiger partial charge in [-0.1, -0.05) is 72.4 Å². The second-order valence-electron chi connectivity index (χ2n) is 5.34. The largest absolute Gasteiger partial charge is 0.317 e. The number of hydrogen-bond donors (Lipinski definition) is 0. The van der Waals surface area contributed by atoms with Crippen LogP contribution < -0.4 is 0 Å². The van der Waals surface area contributed by atoms with Crippen LogP contribution in [-0.2, 0) is 6.54 Å². The van der Waals surface area contributed by atoms with Gasteiger partial charge in [0.05, 0.1) is 16.8 Å². The molecule has 0 spiro atoms. The van der Waals surface area contributed by atoms with Crippen molar-refractivity contribution in [3.63, 3.8) is 0 Å². The third-order valence-electron chi connectivity index (χ3n) is 3.80. The van der Waals surface area contributed by atoms with Crippen LogP contribution in [0.15, 0.2) is 65.8 Å². The van der Waals surface area contributed by atoms with Gasteiger partial charge < -0.3 is 4.57 Å². The number of hydrogen-bond acceptors (Lipinski definition) is 2. The van der Waals surface area contributed by atoms with Crippen molar-refractivity contribution in [2.24, 2.45) is 0 Å². The predicted molar refractivity (Wildman–Crippen MR) is 93.5 cm³/mol. The Morgan fingerprint density at radius 3 is 2.27 bits per heavy atom. The third kappa shape index (κ3) is 2.44. The molecule has 1 unspecified atom stereocenters. The maximum absolute atomic E-state index is 6.39. The SMILES string of the molecule is ClC1CSc2nc(-c3ccccc3)c(-c3ccccc3)n2C1. The van der Waals surface area contributed by atoms with Crippen LogP contribution in [0.2, 0.25) is 0 Å². The lowest BCUT2D eigenvalue weighted by molar-refractivity contribution is 0.618. The van der Waals surface area contributed by atoms with E-state index in [1.165, 1.54) is 11.3 Å². The van der Waals surface area contributed by atoms with Crippen molar-refractivity contribution in [3.8, 4) is 22.5 Å². The highest BCUT2D eigenvalue weighted by molar-refractivity contribution is 7.99. The van der Waals surface area contributed by atoms with E-state index >= 15 is 0 Å². The molecule has 1 atom stereocenters. The number of rotatable bonds is 2. The summed E-state index contributed by atoms with van der Waals surface area (Å²) in [5.41, 5.74) is 4.54. The molecule has 0 amide bonds. The fraction of sp³-hybridized carbons (Fsp3) is 0.167. The van der Waals surface area contributed by atoms with E-state index in [0.717, 1.165) is 28.7 Å². The van der Waals surface area contributed by atoms with Gasteiger partial charge in [-0.15, -0.1) is 11.6 Å². The zero-order valence-corrected chi connectivity index (χ0v) is 13.5. The Balaban J connectivity index is 1.95. The van der Waals surface area contributed by atoms with Gasteiger partial charge >= 0.3 is 0 Å². The summed E-state index contributed by atoms with van der Waals surface area (Å²) >= 11 is 8.13.